The number of hydrazine groups is 1. The zero-order valence-corrected chi connectivity index (χ0v) is 19.3. The van der Waals surface area contributed by atoms with Gasteiger partial charge in [0.25, 0.3) is 0 Å². The van der Waals surface area contributed by atoms with E-state index in [4.69, 9.17) is 46.4 Å². The van der Waals surface area contributed by atoms with Gasteiger partial charge in [0.2, 0.25) is 16.5 Å². The lowest BCUT2D eigenvalue weighted by molar-refractivity contribution is 0.388. The van der Waals surface area contributed by atoms with E-state index in [0.717, 1.165) is 0 Å². The molecule has 0 radical (unpaired) electrons. The van der Waals surface area contributed by atoms with Gasteiger partial charge in [-0.25, -0.2) is 9.95 Å². The molecule has 0 aliphatic heterocycles. The first-order valence-electron chi connectivity index (χ1n) is 8.86. The van der Waals surface area contributed by atoms with Crippen molar-refractivity contribution in [2.24, 2.45) is 0 Å². The zero-order chi connectivity index (χ0) is 23.1. The monoisotopic (exact) mass is 513 g/mol. The van der Waals surface area contributed by atoms with Crippen molar-refractivity contribution in [3.8, 4) is 0 Å². The SMILES string of the molecule is Cc1[nH]oc(=O)c1NNc1ccccc1Cl.Clc1nc(Cl)nc(Nc2ccccc2Cl)n1. The molecule has 4 rings (SSSR count). The topological polar surface area (TPSA) is 121 Å². The summed E-state index contributed by atoms with van der Waals surface area (Å²) in [7, 11) is 0. The standard InChI is InChI=1S/C10H10ClN3O2.C9H5Cl3N4/c1-6-9(10(15)16-14-6)13-12-8-5-3-2-4-7(8)11;10-5-3-1-2-4-6(5)13-9-15-7(11)14-8(12)16-9/h2-5,12-14H,1H3;1-4H,(H,13,14,15,16). The van der Waals surface area contributed by atoms with Crippen molar-refractivity contribution in [3.63, 3.8) is 0 Å². The number of H-pyrrole nitrogens is 1. The number of aromatic amines is 1. The molecule has 0 aliphatic rings. The van der Waals surface area contributed by atoms with Gasteiger partial charge in [-0.3, -0.25) is 10.9 Å². The second-order valence-corrected chi connectivity index (χ2v) is 7.51. The van der Waals surface area contributed by atoms with E-state index in [0.29, 0.717) is 32.8 Å². The third kappa shape index (κ3) is 6.51. The predicted octanol–water partition coefficient (Wildman–Crippen LogP) is 5.94. The van der Waals surface area contributed by atoms with E-state index < -0.39 is 5.63 Å². The van der Waals surface area contributed by atoms with Crippen molar-refractivity contribution in [1.82, 2.24) is 20.1 Å². The van der Waals surface area contributed by atoms with Gasteiger partial charge in [-0.15, -0.1) is 0 Å². The van der Waals surface area contributed by atoms with E-state index in [9.17, 15) is 4.79 Å². The minimum absolute atomic E-state index is 0.0227. The molecule has 4 N–H and O–H groups in total. The second kappa shape index (κ2) is 11.1. The molecule has 0 bridgehead atoms. The van der Waals surface area contributed by atoms with Crippen LogP contribution in [0.5, 0.6) is 0 Å². The molecule has 32 heavy (non-hydrogen) atoms. The Kier molecular flexibility index (Phi) is 8.18. The van der Waals surface area contributed by atoms with Gasteiger partial charge in [0, 0.05) is 0 Å². The lowest BCUT2D eigenvalue weighted by Crippen LogP contribution is -2.14. The van der Waals surface area contributed by atoms with E-state index in [1.807, 2.05) is 24.3 Å². The molecular weight excluding hydrogens is 500 g/mol. The molecular formula is C19H15Cl4N7O2. The van der Waals surface area contributed by atoms with Crippen LogP contribution in [0.25, 0.3) is 0 Å². The van der Waals surface area contributed by atoms with E-state index in [2.05, 4.69) is 40.8 Å². The van der Waals surface area contributed by atoms with E-state index in [1.54, 1.807) is 31.2 Å². The van der Waals surface area contributed by atoms with Gasteiger partial charge in [0.05, 0.1) is 27.1 Å². The summed E-state index contributed by atoms with van der Waals surface area (Å²) in [5.41, 5.74) is 7.42. The fourth-order valence-electron chi connectivity index (χ4n) is 2.28. The number of nitrogens with zero attached hydrogens (tertiary/aromatic N) is 3. The van der Waals surface area contributed by atoms with Crippen LogP contribution in [0.15, 0.2) is 57.8 Å². The lowest BCUT2D eigenvalue weighted by Gasteiger charge is -2.08. The van der Waals surface area contributed by atoms with Gasteiger partial charge in [0.15, 0.2) is 5.69 Å². The summed E-state index contributed by atoms with van der Waals surface area (Å²) in [6.45, 7) is 1.72. The smallest absolute Gasteiger partial charge is 0.336 e. The molecule has 2 aromatic heterocycles. The van der Waals surface area contributed by atoms with Crippen molar-refractivity contribution in [1.29, 1.82) is 0 Å². The Bertz CT molecular complexity index is 1240. The first-order valence-corrected chi connectivity index (χ1v) is 10.4. The number of anilines is 4. The number of rotatable bonds is 5. The molecule has 4 aromatic rings. The highest BCUT2D eigenvalue weighted by Crippen LogP contribution is 2.24. The third-order valence-corrected chi connectivity index (χ3v) is 4.77. The maximum Gasteiger partial charge on any atom is 0.382 e. The molecule has 0 amide bonds. The molecule has 0 spiro atoms. The molecule has 9 nitrogen and oxygen atoms in total. The van der Waals surface area contributed by atoms with Crippen LogP contribution < -0.4 is 21.8 Å². The molecule has 166 valence electrons. The van der Waals surface area contributed by atoms with Crippen molar-refractivity contribution in [2.45, 2.75) is 6.92 Å². The Labute approximate surface area is 202 Å². The maximum absolute atomic E-state index is 11.2. The maximum atomic E-state index is 11.2. The second-order valence-electron chi connectivity index (χ2n) is 6.02. The molecule has 0 unspecified atom stereocenters. The number of aromatic nitrogens is 4. The average Bonchev–Trinajstić information content (AvgIpc) is 3.06. The number of aryl methyl sites for hydroxylation is 1. The van der Waals surface area contributed by atoms with Crippen molar-refractivity contribution >= 4 is 69.4 Å². The van der Waals surface area contributed by atoms with Crippen LogP contribution in [0.3, 0.4) is 0 Å². The molecule has 13 heteroatoms. The summed E-state index contributed by atoms with van der Waals surface area (Å²) in [5, 5.41) is 6.51. The van der Waals surface area contributed by atoms with E-state index in [-0.39, 0.29) is 16.5 Å². The number of nitrogens with one attached hydrogen (secondary N) is 4. The Balaban J connectivity index is 0.000000181. The van der Waals surface area contributed by atoms with Crippen LogP contribution in [0.2, 0.25) is 20.6 Å². The molecule has 0 atom stereocenters. The van der Waals surface area contributed by atoms with Crippen LogP contribution in [0.4, 0.5) is 23.0 Å². The summed E-state index contributed by atoms with van der Waals surface area (Å²) in [6.07, 6.45) is 0. The highest BCUT2D eigenvalue weighted by molar-refractivity contribution is 6.33. The van der Waals surface area contributed by atoms with Gasteiger partial charge in [-0.05, 0) is 54.4 Å². The highest BCUT2D eigenvalue weighted by Gasteiger charge is 2.08. The van der Waals surface area contributed by atoms with Crippen molar-refractivity contribution in [3.05, 3.63) is 85.3 Å². The Hall–Kier alpha value is -2.98. The normalized spacial score (nSPS) is 10.2. The number of benzene rings is 2. The molecule has 2 aromatic carbocycles. The summed E-state index contributed by atoms with van der Waals surface area (Å²) < 4.78 is 4.60. The van der Waals surface area contributed by atoms with Crippen molar-refractivity contribution in [2.75, 3.05) is 16.2 Å². The third-order valence-electron chi connectivity index (χ3n) is 3.77. The fourth-order valence-corrected chi connectivity index (χ4v) is 3.01. The largest absolute Gasteiger partial charge is 0.382 e. The Morgan fingerprint density at radius 2 is 1.38 bits per heavy atom. The summed E-state index contributed by atoms with van der Waals surface area (Å²) in [6, 6.07) is 14.4. The molecule has 0 aliphatic carbocycles. The van der Waals surface area contributed by atoms with Gasteiger partial charge in [0.1, 0.15) is 0 Å². The van der Waals surface area contributed by atoms with Gasteiger partial charge in [-0.2, -0.15) is 15.0 Å². The first-order chi connectivity index (χ1) is 15.3. The molecule has 0 fully saturated rings. The fraction of sp³-hybridized carbons (Fsp3) is 0.0526. The minimum Gasteiger partial charge on any atom is -0.336 e. The quantitative estimate of drug-likeness (QED) is 0.241. The minimum atomic E-state index is -0.461. The number of hydrogen-bond acceptors (Lipinski definition) is 8. The van der Waals surface area contributed by atoms with Crippen molar-refractivity contribution < 1.29 is 4.52 Å². The van der Waals surface area contributed by atoms with Crippen LogP contribution in [-0.4, -0.2) is 20.1 Å². The first kappa shape index (κ1) is 23.7. The Morgan fingerprint density at radius 1 is 0.812 bits per heavy atom. The predicted molar refractivity (Wildman–Crippen MR) is 127 cm³/mol. The highest BCUT2D eigenvalue weighted by atomic mass is 35.5. The lowest BCUT2D eigenvalue weighted by atomic mass is 10.3. The number of halogens is 4. The average molecular weight is 515 g/mol. The Morgan fingerprint density at radius 3 is 1.91 bits per heavy atom. The van der Waals surface area contributed by atoms with Crippen LogP contribution in [0.1, 0.15) is 5.69 Å². The van der Waals surface area contributed by atoms with Gasteiger partial charge < -0.3 is 9.84 Å². The van der Waals surface area contributed by atoms with Crippen LogP contribution >= 0.6 is 46.4 Å². The van der Waals surface area contributed by atoms with Crippen LogP contribution in [-0.2, 0) is 0 Å². The molecule has 0 saturated carbocycles. The number of hydrogen-bond donors (Lipinski definition) is 4. The summed E-state index contributed by atoms with van der Waals surface area (Å²) >= 11 is 23.2. The molecule has 2 heterocycles. The van der Waals surface area contributed by atoms with E-state index in [1.165, 1.54) is 0 Å². The van der Waals surface area contributed by atoms with Gasteiger partial charge >= 0.3 is 5.63 Å². The zero-order valence-electron chi connectivity index (χ0n) is 16.3. The van der Waals surface area contributed by atoms with Gasteiger partial charge in [-0.1, -0.05) is 47.5 Å². The van der Waals surface area contributed by atoms with E-state index >= 15 is 0 Å². The summed E-state index contributed by atoms with van der Waals surface area (Å²) in [5.74, 6) is 0.248. The van der Waals surface area contributed by atoms with Crippen LogP contribution in [0, 0.1) is 6.92 Å². The molecule has 0 saturated heterocycles. The number of para-hydroxylation sites is 2. The summed E-state index contributed by atoms with van der Waals surface area (Å²) in [4.78, 5) is 22.6.